The molecule has 0 aromatic carbocycles. The van der Waals surface area contributed by atoms with E-state index in [4.69, 9.17) is 0 Å². The topological polar surface area (TPSA) is 23.6 Å². The zero-order valence-corrected chi connectivity index (χ0v) is 11.6. The van der Waals surface area contributed by atoms with Crippen LogP contribution < -0.4 is 0 Å². The Morgan fingerprint density at radius 1 is 1.44 bits per heavy atom. The molecule has 1 heterocycles. The third kappa shape index (κ3) is 5.67. The molecule has 0 aromatic heterocycles. The van der Waals surface area contributed by atoms with Gasteiger partial charge in [-0.1, -0.05) is 27.4 Å². The van der Waals surface area contributed by atoms with E-state index in [0.717, 1.165) is 26.1 Å². The molecule has 0 N–H and O–H groups in total. The van der Waals surface area contributed by atoms with Gasteiger partial charge in [-0.15, -0.1) is 0 Å². The Labute approximate surface area is 113 Å². The van der Waals surface area contributed by atoms with Gasteiger partial charge in [-0.2, -0.15) is 0 Å². The van der Waals surface area contributed by atoms with Crippen LogP contribution in [0.4, 0.5) is 0 Å². The van der Waals surface area contributed by atoms with Gasteiger partial charge in [0.1, 0.15) is 0 Å². The predicted molar refractivity (Wildman–Crippen MR) is 78.6 cm³/mol. The minimum atomic E-state index is 0. The molecular formula is C15H30N2O. The predicted octanol–water partition coefficient (Wildman–Crippen LogP) is 2.63. The minimum Gasteiger partial charge on any atom is -0.339 e. The van der Waals surface area contributed by atoms with Gasteiger partial charge < -0.3 is 9.80 Å². The van der Waals surface area contributed by atoms with E-state index in [-0.39, 0.29) is 13.3 Å². The first-order valence-corrected chi connectivity index (χ1v) is 6.61. The molecular weight excluding hydrogens is 224 g/mol. The standard InChI is InChI=1S/C14H26N2O.CH4/c1-12(2)13-7-5-10-16(11-13)14(17)8-6-9-15(3)4;/h6,8,12-13H,5,7,9-11H2,1-4H3;1H4/b8-6+;. The smallest absolute Gasteiger partial charge is 0.246 e. The van der Waals surface area contributed by atoms with Crippen LogP contribution in [0.25, 0.3) is 0 Å². The average molecular weight is 254 g/mol. The molecule has 1 fully saturated rings. The molecule has 1 saturated heterocycles. The van der Waals surface area contributed by atoms with Crippen molar-refractivity contribution in [3.05, 3.63) is 12.2 Å². The SMILES string of the molecule is C.CC(C)C1CCCN(C(=O)/C=C/CN(C)C)C1. The zero-order chi connectivity index (χ0) is 12.8. The van der Waals surface area contributed by atoms with E-state index in [2.05, 4.69) is 18.7 Å². The summed E-state index contributed by atoms with van der Waals surface area (Å²) in [7, 11) is 4.01. The number of rotatable bonds is 4. The number of carbonyl (C=O) groups is 1. The van der Waals surface area contributed by atoms with Gasteiger partial charge in [0, 0.05) is 25.7 Å². The highest BCUT2D eigenvalue weighted by atomic mass is 16.2. The Hall–Kier alpha value is -0.830. The molecule has 3 heteroatoms. The van der Waals surface area contributed by atoms with Gasteiger partial charge in [-0.3, -0.25) is 4.79 Å². The van der Waals surface area contributed by atoms with E-state index in [1.807, 2.05) is 25.1 Å². The molecule has 0 spiro atoms. The molecule has 1 unspecified atom stereocenters. The van der Waals surface area contributed by atoms with Crippen LogP contribution in [0.15, 0.2) is 12.2 Å². The zero-order valence-electron chi connectivity index (χ0n) is 11.6. The number of likely N-dealkylation sites (tertiary alicyclic amines) is 1. The molecule has 1 rings (SSSR count). The summed E-state index contributed by atoms with van der Waals surface area (Å²) < 4.78 is 0. The van der Waals surface area contributed by atoms with Crippen molar-refractivity contribution in [3.63, 3.8) is 0 Å². The fraction of sp³-hybridized carbons (Fsp3) is 0.800. The summed E-state index contributed by atoms with van der Waals surface area (Å²) in [5, 5.41) is 0. The van der Waals surface area contributed by atoms with Crippen molar-refractivity contribution < 1.29 is 4.79 Å². The Bertz CT molecular complexity index is 272. The highest BCUT2D eigenvalue weighted by molar-refractivity contribution is 5.87. The minimum absolute atomic E-state index is 0. The van der Waals surface area contributed by atoms with Crippen molar-refractivity contribution in [1.29, 1.82) is 0 Å². The van der Waals surface area contributed by atoms with Crippen LogP contribution in [-0.4, -0.2) is 49.4 Å². The van der Waals surface area contributed by atoms with Crippen molar-refractivity contribution in [2.75, 3.05) is 33.7 Å². The molecule has 0 aromatic rings. The fourth-order valence-corrected chi connectivity index (χ4v) is 2.22. The molecule has 1 amide bonds. The van der Waals surface area contributed by atoms with Crippen LogP contribution in [0, 0.1) is 11.8 Å². The van der Waals surface area contributed by atoms with E-state index in [0.29, 0.717) is 11.8 Å². The van der Waals surface area contributed by atoms with Crippen LogP contribution in [0.1, 0.15) is 34.1 Å². The molecule has 0 saturated carbocycles. The number of piperidine rings is 1. The van der Waals surface area contributed by atoms with Crippen LogP contribution in [-0.2, 0) is 4.79 Å². The lowest BCUT2D eigenvalue weighted by Gasteiger charge is -2.34. The summed E-state index contributed by atoms with van der Waals surface area (Å²) in [6, 6.07) is 0. The average Bonchev–Trinajstić information content (AvgIpc) is 2.28. The molecule has 106 valence electrons. The Balaban J connectivity index is 0.00000289. The van der Waals surface area contributed by atoms with E-state index in [9.17, 15) is 4.79 Å². The third-order valence-corrected chi connectivity index (χ3v) is 3.44. The summed E-state index contributed by atoms with van der Waals surface area (Å²) in [6.07, 6.45) is 6.09. The summed E-state index contributed by atoms with van der Waals surface area (Å²) in [4.78, 5) is 16.0. The molecule has 3 nitrogen and oxygen atoms in total. The van der Waals surface area contributed by atoms with Gasteiger partial charge in [0.25, 0.3) is 0 Å². The van der Waals surface area contributed by atoms with Gasteiger partial charge >= 0.3 is 0 Å². The fourth-order valence-electron chi connectivity index (χ4n) is 2.22. The molecule has 1 atom stereocenters. The summed E-state index contributed by atoms with van der Waals surface area (Å²) in [5.41, 5.74) is 0. The molecule has 0 radical (unpaired) electrons. The second kappa shape index (κ2) is 8.30. The van der Waals surface area contributed by atoms with Crippen LogP contribution in [0.2, 0.25) is 0 Å². The maximum atomic E-state index is 12.0. The summed E-state index contributed by atoms with van der Waals surface area (Å²) >= 11 is 0. The molecule has 0 bridgehead atoms. The number of hydrogen-bond donors (Lipinski definition) is 0. The number of likely N-dealkylation sites (N-methyl/N-ethyl adjacent to an activating group) is 1. The summed E-state index contributed by atoms with van der Waals surface area (Å²) in [5.74, 6) is 1.53. The first kappa shape index (κ1) is 17.2. The van der Waals surface area contributed by atoms with Crippen molar-refractivity contribution >= 4 is 5.91 Å². The quantitative estimate of drug-likeness (QED) is 0.720. The molecule has 1 aliphatic heterocycles. The monoisotopic (exact) mass is 254 g/mol. The van der Waals surface area contributed by atoms with Crippen molar-refractivity contribution in [3.8, 4) is 0 Å². The van der Waals surface area contributed by atoms with Gasteiger partial charge in [0.15, 0.2) is 0 Å². The normalized spacial score (nSPS) is 20.6. The maximum absolute atomic E-state index is 12.0. The van der Waals surface area contributed by atoms with Crippen molar-refractivity contribution in [2.24, 2.45) is 11.8 Å². The lowest BCUT2D eigenvalue weighted by molar-refractivity contribution is -0.128. The third-order valence-electron chi connectivity index (χ3n) is 3.44. The van der Waals surface area contributed by atoms with E-state index >= 15 is 0 Å². The number of nitrogens with zero attached hydrogens (tertiary/aromatic N) is 2. The molecule has 1 aliphatic rings. The van der Waals surface area contributed by atoms with Gasteiger partial charge in [-0.25, -0.2) is 0 Å². The first-order valence-electron chi connectivity index (χ1n) is 6.61. The van der Waals surface area contributed by atoms with Gasteiger partial charge in [0.05, 0.1) is 0 Å². The van der Waals surface area contributed by atoms with Crippen molar-refractivity contribution in [1.82, 2.24) is 9.80 Å². The largest absolute Gasteiger partial charge is 0.339 e. The van der Waals surface area contributed by atoms with E-state index in [1.165, 1.54) is 6.42 Å². The van der Waals surface area contributed by atoms with E-state index in [1.54, 1.807) is 6.08 Å². The van der Waals surface area contributed by atoms with Gasteiger partial charge in [0.2, 0.25) is 5.91 Å². The van der Waals surface area contributed by atoms with Crippen LogP contribution in [0.3, 0.4) is 0 Å². The molecule has 18 heavy (non-hydrogen) atoms. The lowest BCUT2D eigenvalue weighted by Crippen LogP contribution is -2.40. The Morgan fingerprint density at radius 3 is 2.67 bits per heavy atom. The summed E-state index contributed by atoms with van der Waals surface area (Å²) in [6.45, 7) is 7.19. The second-order valence-corrected chi connectivity index (χ2v) is 5.60. The number of hydrogen-bond acceptors (Lipinski definition) is 2. The van der Waals surface area contributed by atoms with Crippen molar-refractivity contribution in [2.45, 2.75) is 34.1 Å². The second-order valence-electron chi connectivity index (χ2n) is 5.60. The highest BCUT2D eigenvalue weighted by Gasteiger charge is 2.24. The van der Waals surface area contributed by atoms with Gasteiger partial charge in [-0.05, 0) is 38.8 Å². The van der Waals surface area contributed by atoms with Crippen LogP contribution >= 0.6 is 0 Å². The lowest BCUT2D eigenvalue weighted by atomic mass is 9.88. The number of carbonyl (C=O) groups excluding carboxylic acids is 1. The number of amides is 1. The first-order chi connectivity index (χ1) is 8.00. The van der Waals surface area contributed by atoms with Crippen LogP contribution in [0.5, 0.6) is 0 Å². The Kier molecular flexibility index (Phi) is 7.92. The maximum Gasteiger partial charge on any atom is 0.246 e. The Morgan fingerprint density at radius 2 is 2.11 bits per heavy atom. The molecule has 0 aliphatic carbocycles. The highest BCUT2D eigenvalue weighted by Crippen LogP contribution is 2.23. The van der Waals surface area contributed by atoms with E-state index < -0.39 is 0 Å².